The number of pyridine rings is 1. The Labute approximate surface area is 120 Å². The number of carbonyl (C=O) groups excluding carboxylic acids is 1. The number of nitrogens with zero attached hydrogens (tertiary/aromatic N) is 2. The molecule has 100 valence electrons. The maximum Gasteiger partial charge on any atom is 0.253 e. The van der Waals surface area contributed by atoms with Crippen molar-refractivity contribution in [1.29, 1.82) is 0 Å². The number of fused-ring (bicyclic) bond motifs is 1. The molecule has 0 atom stereocenters. The van der Waals surface area contributed by atoms with Crippen LogP contribution in [0.1, 0.15) is 15.9 Å². The third-order valence-electron chi connectivity index (χ3n) is 3.20. The van der Waals surface area contributed by atoms with Gasteiger partial charge in [0.2, 0.25) is 0 Å². The number of primary amides is 1. The number of hydrogen-bond acceptors (Lipinski definition) is 2. The number of rotatable bonds is 3. The summed E-state index contributed by atoms with van der Waals surface area (Å²) in [4.78, 5) is 15.6. The molecule has 0 saturated heterocycles. The van der Waals surface area contributed by atoms with E-state index in [0.717, 1.165) is 16.5 Å². The van der Waals surface area contributed by atoms with Gasteiger partial charge in [-0.3, -0.25) is 4.79 Å². The molecule has 0 aliphatic heterocycles. The van der Waals surface area contributed by atoms with E-state index in [1.807, 2.05) is 47.2 Å². The summed E-state index contributed by atoms with van der Waals surface area (Å²) in [5.41, 5.74) is 7.55. The normalized spacial score (nSPS) is 10.8. The average molecular weight is 286 g/mol. The van der Waals surface area contributed by atoms with Gasteiger partial charge in [0.1, 0.15) is 10.7 Å². The first-order valence-electron chi connectivity index (χ1n) is 6.14. The van der Waals surface area contributed by atoms with Gasteiger partial charge >= 0.3 is 0 Å². The number of amides is 1. The minimum absolute atomic E-state index is 0.137. The molecule has 0 spiro atoms. The van der Waals surface area contributed by atoms with Crippen LogP contribution in [-0.2, 0) is 6.54 Å². The van der Waals surface area contributed by atoms with Gasteiger partial charge in [0, 0.05) is 24.3 Å². The summed E-state index contributed by atoms with van der Waals surface area (Å²) in [7, 11) is 0. The van der Waals surface area contributed by atoms with Gasteiger partial charge in [0.15, 0.2) is 0 Å². The largest absolute Gasteiger partial charge is 0.365 e. The average Bonchev–Trinajstić information content (AvgIpc) is 2.82. The van der Waals surface area contributed by atoms with E-state index < -0.39 is 5.91 Å². The molecule has 0 fully saturated rings. The number of halogens is 1. The third-order valence-corrected chi connectivity index (χ3v) is 3.48. The number of benzene rings is 1. The van der Waals surface area contributed by atoms with Crippen LogP contribution in [0.15, 0.2) is 48.8 Å². The van der Waals surface area contributed by atoms with Crippen LogP contribution in [0.3, 0.4) is 0 Å². The predicted molar refractivity (Wildman–Crippen MR) is 78.8 cm³/mol. The van der Waals surface area contributed by atoms with Crippen molar-refractivity contribution in [1.82, 2.24) is 9.55 Å². The highest BCUT2D eigenvalue weighted by atomic mass is 35.5. The molecule has 2 heterocycles. The van der Waals surface area contributed by atoms with Crippen LogP contribution in [0.4, 0.5) is 0 Å². The second-order valence-electron chi connectivity index (χ2n) is 4.52. The molecule has 3 rings (SSSR count). The number of aromatic nitrogens is 2. The molecule has 0 aliphatic carbocycles. The summed E-state index contributed by atoms with van der Waals surface area (Å²) in [5.74, 6) is -0.568. The van der Waals surface area contributed by atoms with Gasteiger partial charge < -0.3 is 10.3 Å². The van der Waals surface area contributed by atoms with Crippen molar-refractivity contribution >= 4 is 28.4 Å². The fourth-order valence-corrected chi connectivity index (χ4v) is 2.53. The van der Waals surface area contributed by atoms with E-state index in [9.17, 15) is 4.79 Å². The van der Waals surface area contributed by atoms with Gasteiger partial charge in [0.25, 0.3) is 5.91 Å². The van der Waals surface area contributed by atoms with E-state index in [1.165, 1.54) is 0 Å². The van der Waals surface area contributed by atoms with Crippen LogP contribution in [-0.4, -0.2) is 15.5 Å². The molecule has 0 saturated carbocycles. The molecule has 4 nitrogen and oxygen atoms in total. The van der Waals surface area contributed by atoms with Crippen LogP contribution in [0.2, 0.25) is 5.15 Å². The maximum atomic E-state index is 11.6. The summed E-state index contributed by atoms with van der Waals surface area (Å²) in [6, 6.07) is 11.9. The van der Waals surface area contributed by atoms with Gasteiger partial charge in [-0.15, -0.1) is 0 Å². The van der Waals surface area contributed by atoms with Crippen LogP contribution in [0.5, 0.6) is 0 Å². The molecule has 0 radical (unpaired) electrons. The van der Waals surface area contributed by atoms with E-state index in [1.54, 1.807) is 6.20 Å². The van der Waals surface area contributed by atoms with Crippen molar-refractivity contribution in [2.45, 2.75) is 6.54 Å². The summed E-state index contributed by atoms with van der Waals surface area (Å²) in [6.07, 6.45) is 3.55. The third kappa shape index (κ3) is 2.14. The molecule has 1 aromatic carbocycles. The zero-order valence-electron chi connectivity index (χ0n) is 10.6. The Morgan fingerprint density at radius 2 is 2.00 bits per heavy atom. The van der Waals surface area contributed by atoms with Gasteiger partial charge in [0.05, 0.1) is 5.52 Å². The van der Waals surface area contributed by atoms with E-state index >= 15 is 0 Å². The van der Waals surface area contributed by atoms with E-state index in [2.05, 4.69) is 4.98 Å². The molecule has 5 heteroatoms. The van der Waals surface area contributed by atoms with Crippen LogP contribution in [0.25, 0.3) is 10.9 Å². The van der Waals surface area contributed by atoms with Crippen molar-refractivity contribution in [3.8, 4) is 0 Å². The van der Waals surface area contributed by atoms with Gasteiger partial charge in [-0.05, 0) is 11.6 Å². The molecular weight excluding hydrogens is 274 g/mol. The minimum atomic E-state index is -0.568. The van der Waals surface area contributed by atoms with Crippen molar-refractivity contribution in [3.63, 3.8) is 0 Å². The fraction of sp³-hybridized carbons (Fsp3) is 0.0667. The highest BCUT2D eigenvalue weighted by Crippen LogP contribution is 2.25. The molecular formula is C15H12ClN3O. The zero-order chi connectivity index (χ0) is 14.1. The minimum Gasteiger partial charge on any atom is -0.365 e. The van der Waals surface area contributed by atoms with E-state index in [-0.39, 0.29) is 10.7 Å². The Bertz CT molecular complexity index is 780. The number of hydrogen-bond donors (Lipinski definition) is 1. The second kappa shape index (κ2) is 4.98. The quantitative estimate of drug-likeness (QED) is 0.752. The smallest absolute Gasteiger partial charge is 0.253 e. The van der Waals surface area contributed by atoms with Crippen LogP contribution < -0.4 is 5.73 Å². The lowest BCUT2D eigenvalue weighted by atomic mass is 10.2. The predicted octanol–water partition coefficient (Wildman–Crippen LogP) is 2.84. The molecule has 0 unspecified atom stereocenters. The Hall–Kier alpha value is -2.33. The first-order valence-corrected chi connectivity index (χ1v) is 6.51. The zero-order valence-corrected chi connectivity index (χ0v) is 11.3. The van der Waals surface area contributed by atoms with Crippen molar-refractivity contribution in [2.75, 3.05) is 0 Å². The van der Waals surface area contributed by atoms with Crippen molar-refractivity contribution in [3.05, 3.63) is 65.1 Å². The molecule has 0 aliphatic rings. The van der Waals surface area contributed by atoms with Crippen molar-refractivity contribution in [2.24, 2.45) is 5.73 Å². The molecule has 3 aromatic rings. The molecule has 1 amide bonds. The van der Waals surface area contributed by atoms with Crippen LogP contribution >= 0.6 is 11.6 Å². The number of carbonyl (C=O) groups is 1. The highest BCUT2D eigenvalue weighted by molar-refractivity contribution is 6.34. The lowest BCUT2D eigenvalue weighted by molar-refractivity contribution is 0.100. The van der Waals surface area contributed by atoms with Gasteiger partial charge in [-0.2, -0.15) is 0 Å². The summed E-state index contributed by atoms with van der Waals surface area (Å²) in [5, 5.41) is 0.983. The Kier molecular flexibility index (Phi) is 3.16. The second-order valence-corrected chi connectivity index (χ2v) is 4.88. The SMILES string of the molecule is NC(=O)c1c(Cl)ncc2ccn(Cc3ccccc3)c12. The Morgan fingerprint density at radius 1 is 1.25 bits per heavy atom. The summed E-state index contributed by atoms with van der Waals surface area (Å²) >= 11 is 6.00. The topological polar surface area (TPSA) is 60.9 Å². The lowest BCUT2D eigenvalue weighted by Crippen LogP contribution is -2.14. The first-order chi connectivity index (χ1) is 9.66. The first kappa shape index (κ1) is 12.7. The van der Waals surface area contributed by atoms with Crippen LogP contribution in [0, 0.1) is 0 Å². The Morgan fingerprint density at radius 3 is 2.70 bits per heavy atom. The van der Waals surface area contributed by atoms with E-state index in [4.69, 9.17) is 17.3 Å². The van der Waals surface area contributed by atoms with Crippen molar-refractivity contribution < 1.29 is 4.79 Å². The molecule has 0 bridgehead atoms. The molecule has 20 heavy (non-hydrogen) atoms. The monoisotopic (exact) mass is 285 g/mol. The summed E-state index contributed by atoms with van der Waals surface area (Å²) < 4.78 is 1.96. The van der Waals surface area contributed by atoms with Gasteiger partial charge in [-0.1, -0.05) is 41.9 Å². The van der Waals surface area contributed by atoms with E-state index in [0.29, 0.717) is 6.54 Å². The molecule has 2 N–H and O–H groups in total. The lowest BCUT2D eigenvalue weighted by Gasteiger charge is -2.09. The maximum absolute atomic E-state index is 11.6. The highest BCUT2D eigenvalue weighted by Gasteiger charge is 2.16. The summed E-state index contributed by atoms with van der Waals surface area (Å²) in [6.45, 7) is 0.644. The molecule has 2 aromatic heterocycles. The standard InChI is InChI=1S/C15H12ClN3O/c16-14-12(15(17)20)13-11(8-18-14)6-7-19(13)9-10-4-2-1-3-5-10/h1-8H,9H2,(H2,17,20). The number of nitrogens with two attached hydrogens (primary N) is 1. The van der Waals surface area contributed by atoms with Gasteiger partial charge in [-0.25, -0.2) is 4.98 Å². The fourth-order valence-electron chi connectivity index (χ4n) is 2.30. The Balaban J connectivity index is 2.17.